The van der Waals surface area contributed by atoms with Crippen LogP contribution in [-0.2, 0) is 6.54 Å². The van der Waals surface area contributed by atoms with Gasteiger partial charge >= 0.3 is 0 Å². The first-order valence-electron chi connectivity index (χ1n) is 9.34. The van der Waals surface area contributed by atoms with Crippen molar-refractivity contribution in [1.29, 1.82) is 0 Å². The fourth-order valence-corrected chi connectivity index (χ4v) is 5.15. The number of nitrogens with zero attached hydrogens (tertiary/aromatic N) is 1. The van der Waals surface area contributed by atoms with Crippen LogP contribution in [0.15, 0.2) is 89.8 Å². The fraction of sp³-hybridized carbons (Fsp3) is 0.120. The molecule has 1 aliphatic heterocycles. The number of anilines is 1. The van der Waals surface area contributed by atoms with Gasteiger partial charge in [-0.15, -0.1) is 11.8 Å². The van der Waals surface area contributed by atoms with Gasteiger partial charge in [-0.05, 0) is 46.5 Å². The van der Waals surface area contributed by atoms with E-state index in [0.717, 1.165) is 12.4 Å². The van der Waals surface area contributed by atoms with E-state index in [2.05, 4.69) is 96.8 Å². The summed E-state index contributed by atoms with van der Waals surface area (Å²) in [4.78, 5) is 3.89. The van der Waals surface area contributed by atoms with E-state index < -0.39 is 0 Å². The van der Waals surface area contributed by atoms with Crippen molar-refractivity contribution < 1.29 is 0 Å². The van der Waals surface area contributed by atoms with E-state index in [9.17, 15) is 0 Å². The first-order valence-corrected chi connectivity index (χ1v) is 10.3. The van der Waals surface area contributed by atoms with Crippen molar-refractivity contribution in [2.24, 2.45) is 0 Å². The molecule has 0 fully saturated rings. The molecule has 4 aromatic carbocycles. The monoisotopic (exact) mass is 367 g/mol. The Bertz CT molecular complexity index is 1110. The summed E-state index contributed by atoms with van der Waals surface area (Å²) in [5, 5.41) is 2.64. The molecule has 0 spiro atoms. The summed E-state index contributed by atoms with van der Waals surface area (Å²) in [6.45, 7) is 3.17. The van der Waals surface area contributed by atoms with Crippen molar-refractivity contribution >= 4 is 28.2 Å². The number of thioether (sulfide) groups is 1. The van der Waals surface area contributed by atoms with Crippen LogP contribution in [0.25, 0.3) is 21.9 Å². The number of rotatable bonds is 2. The summed E-state index contributed by atoms with van der Waals surface area (Å²) in [7, 11) is 0. The van der Waals surface area contributed by atoms with Gasteiger partial charge in [-0.3, -0.25) is 0 Å². The van der Waals surface area contributed by atoms with Crippen LogP contribution < -0.4 is 4.90 Å². The minimum Gasteiger partial charge on any atom is -0.358 e. The highest BCUT2D eigenvalue weighted by Crippen LogP contribution is 2.42. The molecule has 132 valence electrons. The molecule has 0 saturated heterocycles. The molecule has 4 aromatic rings. The number of hydrogen-bond acceptors (Lipinski definition) is 2. The van der Waals surface area contributed by atoms with Gasteiger partial charge in [0.05, 0.1) is 5.88 Å². The van der Waals surface area contributed by atoms with Crippen LogP contribution >= 0.6 is 11.8 Å². The molecule has 0 amide bonds. The van der Waals surface area contributed by atoms with Crippen LogP contribution in [0.2, 0.25) is 0 Å². The molecule has 0 N–H and O–H groups in total. The van der Waals surface area contributed by atoms with E-state index >= 15 is 0 Å². The number of fused-ring (bicyclic) bond motifs is 2. The number of benzene rings is 4. The molecule has 5 rings (SSSR count). The SMILES string of the molecule is Cc1cc2c(c(-c3cccc4ccccc34)c1)SCN(c1ccccc1)C2. The molecule has 1 aliphatic rings. The van der Waals surface area contributed by atoms with Crippen molar-refractivity contribution in [2.75, 3.05) is 10.8 Å². The molecular formula is C25H21NS. The van der Waals surface area contributed by atoms with E-state index in [-0.39, 0.29) is 0 Å². The van der Waals surface area contributed by atoms with Gasteiger partial charge in [-0.25, -0.2) is 0 Å². The highest BCUT2D eigenvalue weighted by Gasteiger charge is 2.21. The summed E-state index contributed by atoms with van der Waals surface area (Å²) in [5.74, 6) is 0.984. The predicted molar refractivity (Wildman–Crippen MR) is 117 cm³/mol. The molecular weight excluding hydrogens is 346 g/mol. The molecule has 0 radical (unpaired) electrons. The van der Waals surface area contributed by atoms with Crippen molar-refractivity contribution in [1.82, 2.24) is 0 Å². The predicted octanol–water partition coefficient (Wildman–Crippen LogP) is 6.89. The zero-order valence-electron chi connectivity index (χ0n) is 15.4. The van der Waals surface area contributed by atoms with Crippen molar-refractivity contribution in [3.63, 3.8) is 0 Å². The second-order valence-corrected chi connectivity index (χ2v) is 8.09. The number of aryl methyl sites for hydroxylation is 1. The van der Waals surface area contributed by atoms with Crippen LogP contribution in [0.5, 0.6) is 0 Å². The highest BCUT2D eigenvalue weighted by atomic mass is 32.2. The van der Waals surface area contributed by atoms with Crippen LogP contribution in [0.3, 0.4) is 0 Å². The molecule has 0 aliphatic carbocycles. The lowest BCUT2D eigenvalue weighted by atomic mass is 9.95. The average molecular weight is 368 g/mol. The minimum atomic E-state index is 0.964. The molecule has 0 bridgehead atoms. The Hall–Kier alpha value is -2.71. The highest BCUT2D eigenvalue weighted by molar-refractivity contribution is 7.99. The topological polar surface area (TPSA) is 3.24 Å². The lowest BCUT2D eigenvalue weighted by Crippen LogP contribution is -2.26. The molecule has 2 heteroatoms. The van der Waals surface area contributed by atoms with Crippen LogP contribution in [0.1, 0.15) is 11.1 Å². The summed E-state index contributed by atoms with van der Waals surface area (Å²) >= 11 is 1.96. The minimum absolute atomic E-state index is 0.964. The Morgan fingerprint density at radius 2 is 1.56 bits per heavy atom. The van der Waals surface area contributed by atoms with Crippen LogP contribution in [0, 0.1) is 6.92 Å². The quantitative estimate of drug-likeness (QED) is 0.380. The van der Waals surface area contributed by atoms with Crippen LogP contribution in [-0.4, -0.2) is 5.88 Å². The maximum atomic E-state index is 2.46. The normalized spacial score (nSPS) is 13.6. The average Bonchev–Trinajstić information content (AvgIpc) is 2.73. The summed E-state index contributed by atoms with van der Waals surface area (Å²) in [6, 6.07) is 30.8. The van der Waals surface area contributed by atoms with Gasteiger partial charge in [0.2, 0.25) is 0 Å². The fourth-order valence-electron chi connectivity index (χ4n) is 3.99. The molecule has 0 unspecified atom stereocenters. The third-order valence-corrected chi connectivity index (χ3v) is 6.45. The lowest BCUT2D eigenvalue weighted by molar-refractivity contribution is 0.865. The summed E-state index contributed by atoms with van der Waals surface area (Å²) in [5.41, 5.74) is 6.77. The maximum Gasteiger partial charge on any atom is 0.0689 e. The Morgan fingerprint density at radius 1 is 0.778 bits per heavy atom. The lowest BCUT2D eigenvalue weighted by Gasteiger charge is -2.32. The van der Waals surface area contributed by atoms with E-state index in [4.69, 9.17) is 0 Å². The van der Waals surface area contributed by atoms with Crippen LogP contribution in [0.4, 0.5) is 5.69 Å². The van der Waals surface area contributed by atoms with Gasteiger partial charge in [-0.2, -0.15) is 0 Å². The number of para-hydroxylation sites is 1. The molecule has 27 heavy (non-hydrogen) atoms. The Morgan fingerprint density at radius 3 is 2.44 bits per heavy atom. The Labute approximate surface area is 164 Å². The zero-order valence-corrected chi connectivity index (χ0v) is 16.2. The van der Waals surface area contributed by atoms with E-state index in [1.165, 1.54) is 43.6 Å². The maximum absolute atomic E-state index is 2.46. The van der Waals surface area contributed by atoms with E-state index in [1.807, 2.05) is 11.8 Å². The summed E-state index contributed by atoms with van der Waals surface area (Å²) in [6.07, 6.45) is 0. The van der Waals surface area contributed by atoms with Gasteiger partial charge in [0, 0.05) is 17.1 Å². The number of hydrogen-bond donors (Lipinski definition) is 0. The van der Waals surface area contributed by atoms with Crippen molar-refractivity contribution in [2.45, 2.75) is 18.4 Å². The second kappa shape index (κ2) is 6.79. The second-order valence-electron chi connectivity index (χ2n) is 7.13. The Kier molecular flexibility index (Phi) is 4.14. The van der Waals surface area contributed by atoms with Gasteiger partial charge in [0.25, 0.3) is 0 Å². The van der Waals surface area contributed by atoms with E-state index in [1.54, 1.807) is 0 Å². The van der Waals surface area contributed by atoms with Gasteiger partial charge in [0.1, 0.15) is 0 Å². The van der Waals surface area contributed by atoms with Gasteiger partial charge in [-0.1, -0.05) is 78.4 Å². The van der Waals surface area contributed by atoms with E-state index in [0.29, 0.717) is 0 Å². The molecule has 1 heterocycles. The van der Waals surface area contributed by atoms with Crippen molar-refractivity contribution in [3.8, 4) is 11.1 Å². The molecule has 1 nitrogen and oxygen atoms in total. The largest absolute Gasteiger partial charge is 0.358 e. The zero-order chi connectivity index (χ0) is 18.2. The Balaban J connectivity index is 1.63. The van der Waals surface area contributed by atoms with Gasteiger partial charge in [0.15, 0.2) is 0 Å². The van der Waals surface area contributed by atoms with Gasteiger partial charge < -0.3 is 4.90 Å². The first kappa shape index (κ1) is 16.5. The smallest absolute Gasteiger partial charge is 0.0689 e. The summed E-state index contributed by atoms with van der Waals surface area (Å²) < 4.78 is 0. The van der Waals surface area contributed by atoms with Crippen molar-refractivity contribution in [3.05, 3.63) is 96.1 Å². The molecule has 0 saturated carbocycles. The third-order valence-electron chi connectivity index (χ3n) is 5.24. The first-order chi connectivity index (χ1) is 13.3. The standard InChI is InChI=1S/C25H21NS/c1-18-14-20-16-26(21-10-3-2-4-11-21)17-27-25(20)24(15-18)23-13-7-9-19-8-5-6-12-22(19)23/h2-15H,16-17H2,1H3. The molecule has 0 aromatic heterocycles. The molecule has 0 atom stereocenters. The third kappa shape index (κ3) is 3.00.